The number of halogens is 1. The number of para-hydroxylation sites is 1. The molecule has 3 rings (SSSR count). The molecule has 0 bridgehead atoms. The van der Waals surface area contributed by atoms with Crippen molar-refractivity contribution in [2.45, 2.75) is 39.5 Å². The van der Waals surface area contributed by atoms with E-state index in [-0.39, 0.29) is 17.7 Å². The number of rotatable bonds is 5. The molecule has 0 saturated heterocycles. The molecule has 5 heteroatoms. The molecular weight excluding hydrogens is 348 g/mol. The molecule has 2 aromatic carbocycles. The SMILES string of the molecule is Cc1c(Cl)cccc1NC(=O)C1(C(=O)Nc2ccccc2C(C)C)CC1. The summed E-state index contributed by atoms with van der Waals surface area (Å²) in [7, 11) is 0. The molecule has 1 aliphatic rings. The van der Waals surface area contributed by atoms with Crippen LogP contribution in [0, 0.1) is 12.3 Å². The first-order valence-corrected chi connectivity index (χ1v) is 9.20. The van der Waals surface area contributed by atoms with E-state index in [0.717, 1.165) is 16.8 Å². The van der Waals surface area contributed by atoms with E-state index in [1.165, 1.54) is 0 Å². The summed E-state index contributed by atoms with van der Waals surface area (Å²) >= 11 is 6.11. The minimum atomic E-state index is -1.00. The zero-order valence-electron chi connectivity index (χ0n) is 15.2. The van der Waals surface area contributed by atoms with Gasteiger partial charge in [0.1, 0.15) is 5.41 Å². The Labute approximate surface area is 158 Å². The van der Waals surface area contributed by atoms with Crippen molar-refractivity contribution in [1.29, 1.82) is 0 Å². The summed E-state index contributed by atoms with van der Waals surface area (Å²) in [6.07, 6.45) is 1.10. The smallest absolute Gasteiger partial charge is 0.240 e. The molecule has 1 saturated carbocycles. The van der Waals surface area contributed by atoms with Crippen molar-refractivity contribution < 1.29 is 9.59 Å². The maximum atomic E-state index is 12.9. The molecule has 0 aliphatic heterocycles. The zero-order chi connectivity index (χ0) is 18.9. The molecule has 2 N–H and O–H groups in total. The third kappa shape index (κ3) is 3.47. The number of carbonyl (C=O) groups is 2. The molecule has 0 radical (unpaired) electrons. The first-order chi connectivity index (χ1) is 12.3. The van der Waals surface area contributed by atoms with Crippen molar-refractivity contribution in [3.8, 4) is 0 Å². The first-order valence-electron chi connectivity index (χ1n) is 8.82. The lowest BCUT2D eigenvalue weighted by Gasteiger charge is -2.19. The summed E-state index contributed by atoms with van der Waals surface area (Å²) in [6.45, 7) is 6.00. The first kappa shape index (κ1) is 18.5. The van der Waals surface area contributed by atoms with E-state index in [1.54, 1.807) is 18.2 Å². The Hall–Kier alpha value is -2.33. The van der Waals surface area contributed by atoms with Crippen molar-refractivity contribution in [3.63, 3.8) is 0 Å². The van der Waals surface area contributed by atoms with Crippen LogP contribution in [0.1, 0.15) is 43.7 Å². The van der Waals surface area contributed by atoms with E-state index in [4.69, 9.17) is 11.6 Å². The van der Waals surface area contributed by atoms with E-state index in [0.29, 0.717) is 23.6 Å². The van der Waals surface area contributed by atoms with Crippen molar-refractivity contribution in [2.75, 3.05) is 10.6 Å². The number of anilines is 2. The molecule has 0 heterocycles. The van der Waals surface area contributed by atoms with Gasteiger partial charge in [-0.2, -0.15) is 0 Å². The van der Waals surface area contributed by atoms with Crippen LogP contribution in [0.2, 0.25) is 5.02 Å². The fraction of sp³-hybridized carbons (Fsp3) is 0.333. The molecule has 1 fully saturated rings. The van der Waals surface area contributed by atoms with Gasteiger partial charge < -0.3 is 10.6 Å². The average Bonchev–Trinajstić information content (AvgIpc) is 3.41. The number of carbonyl (C=O) groups excluding carboxylic acids is 2. The van der Waals surface area contributed by atoms with Gasteiger partial charge in [-0.25, -0.2) is 0 Å². The molecular formula is C21H23ClN2O2. The lowest BCUT2D eigenvalue weighted by atomic mass is 9.99. The lowest BCUT2D eigenvalue weighted by Crippen LogP contribution is -2.36. The van der Waals surface area contributed by atoms with Gasteiger partial charge in [0.15, 0.2) is 0 Å². The van der Waals surface area contributed by atoms with Crippen LogP contribution in [0.5, 0.6) is 0 Å². The monoisotopic (exact) mass is 370 g/mol. The van der Waals surface area contributed by atoms with Crippen LogP contribution >= 0.6 is 11.6 Å². The highest BCUT2D eigenvalue weighted by Gasteiger charge is 2.56. The Morgan fingerprint density at radius 3 is 2.15 bits per heavy atom. The molecule has 0 atom stereocenters. The average molecular weight is 371 g/mol. The second kappa shape index (κ2) is 7.12. The van der Waals surface area contributed by atoms with Crippen molar-refractivity contribution in [1.82, 2.24) is 0 Å². The van der Waals surface area contributed by atoms with Crippen molar-refractivity contribution in [3.05, 3.63) is 58.6 Å². The Morgan fingerprint density at radius 2 is 1.54 bits per heavy atom. The van der Waals surface area contributed by atoms with Crippen LogP contribution < -0.4 is 10.6 Å². The zero-order valence-corrected chi connectivity index (χ0v) is 16.0. The molecule has 4 nitrogen and oxygen atoms in total. The van der Waals surface area contributed by atoms with E-state index in [1.807, 2.05) is 31.2 Å². The Bertz CT molecular complexity index is 857. The molecule has 0 aromatic heterocycles. The van der Waals surface area contributed by atoms with Crippen LogP contribution in [-0.4, -0.2) is 11.8 Å². The van der Waals surface area contributed by atoms with Gasteiger partial charge in [0, 0.05) is 16.4 Å². The van der Waals surface area contributed by atoms with E-state index in [9.17, 15) is 9.59 Å². The Kier molecular flexibility index (Phi) is 5.05. The van der Waals surface area contributed by atoms with Gasteiger partial charge in [0.25, 0.3) is 0 Å². The largest absolute Gasteiger partial charge is 0.325 e. The molecule has 0 spiro atoms. The topological polar surface area (TPSA) is 58.2 Å². The van der Waals surface area contributed by atoms with Crippen molar-refractivity contribution in [2.24, 2.45) is 5.41 Å². The van der Waals surface area contributed by atoms with Crippen LogP contribution in [0.4, 0.5) is 11.4 Å². The van der Waals surface area contributed by atoms with Gasteiger partial charge in [-0.05, 0) is 55.0 Å². The number of benzene rings is 2. The van der Waals surface area contributed by atoms with Gasteiger partial charge in [0.05, 0.1) is 0 Å². The highest BCUT2D eigenvalue weighted by Crippen LogP contribution is 2.48. The van der Waals surface area contributed by atoms with Crippen LogP contribution in [0.15, 0.2) is 42.5 Å². The second-order valence-electron chi connectivity index (χ2n) is 7.14. The van der Waals surface area contributed by atoms with Crippen LogP contribution in [0.3, 0.4) is 0 Å². The quantitative estimate of drug-likeness (QED) is 0.717. The van der Waals surface area contributed by atoms with Gasteiger partial charge in [0.2, 0.25) is 11.8 Å². The molecule has 1 aliphatic carbocycles. The normalized spacial score (nSPS) is 14.8. The van der Waals surface area contributed by atoms with Crippen LogP contribution in [-0.2, 0) is 9.59 Å². The number of amides is 2. The highest BCUT2D eigenvalue weighted by molar-refractivity contribution is 6.31. The van der Waals surface area contributed by atoms with Crippen LogP contribution in [0.25, 0.3) is 0 Å². The number of hydrogen-bond acceptors (Lipinski definition) is 2. The van der Waals surface area contributed by atoms with E-state index < -0.39 is 5.41 Å². The lowest BCUT2D eigenvalue weighted by molar-refractivity contribution is -0.131. The predicted octanol–water partition coefficient (Wildman–Crippen LogP) is 5.13. The fourth-order valence-electron chi connectivity index (χ4n) is 3.02. The maximum absolute atomic E-state index is 12.9. The van der Waals surface area contributed by atoms with E-state index in [2.05, 4.69) is 24.5 Å². The highest BCUT2D eigenvalue weighted by atomic mass is 35.5. The Morgan fingerprint density at radius 1 is 0.962 bits per heavy atom. The maximum Gasteiger partial charge on any atom is 0.240 e. The van der Waals surface area contributed by atoms with Gasteiger partial charge in [-0.15, -0.1) is 0 Å². The summed E-state index contributed by atoms with van der Waals surface area (Å²) in [5.74, 6) is -0.241. The van der Waals surface area contributed by atoms with Gasteiger partial charge >= 0.3 is 0 Å². The summed E-state index contributed by atoms with van der Waals surface area (Å²) in [5, 5.41) is 6.42. The second-order valence-corrected chi connectivity index (χ2v) is 7.55. The minimum absolute atomic E-state index is 0.247. The Balaban J connectivity index is 1.77. The van der Waals surface area contributed by atoms with Gasteiger partial charge in [-0.1, -0.05) is 49.7 Å². The fourth-order valence-corrected chi connectivity index (χ4v) is 3.20. The summed E-state index contributed by atoms with van der Waals surface area (Å²) < 4.78 is 0. The third-order valence-electron chi connectivity index (χ3n) is 4.97. The number of hydrogen-bond donors (Lipinski definition) is 2. The summed E-state index contributed by atoms with van der Waals surface area (Å²) in [5.41, 5.74) is 2.26. The summed E-state index contributed by atoms with van der Waals surface area (Å²) in [6, 6.07) is 13.1. The van der Waals surface area contributed by atoms with Gasteiger partial charge in [-0.3, -0.25) is 9.59 Å². The minimum Gasteiger partial charge on any atom is -0.325 e. The molecule has 26 heavy (non-hydrogen) atoms. The third-order valence-corrected chi connectivity index (χ3v) is 5.38. The molecule has 2 amide bonds. The number of nitrogens with one attached hydrogen (secondary N) is 2. The van der Waals surface area contributed by atoms with E-state index >= 15 is 0 Å². The molecule has 0 unspecified atom stereocenters. The predicted molar refractivity (Wildman–Crippen MR) is 106 cm³/mol. The molecule has 136 valence electrons. The molecule has 2 aromatic rings. The standard InChI is InChI=1S/C21H23ClN2O2/c1-13(2)15-7-4-5-9-18(15)24-20(26)21(11-12-21)19(25)23-17-10-6-8-16(22)14(17)3/h4-10,13H,11-12H2,1-3H3,(H,23,25)(H,24,26). The summed E-state index contributed by atoms with van der Waals surface area (Å²) in [4.78, 5) is 25.7. The van der Waals surface area contributed by atoms with Crippen molar-refractivity contribution >= 4 is 34.8 Å².